The molecule has 1 aromatic carbocycles. The van der Waals surface area contributed by atoms with E-state index in [1.807, 2.05) is 26.0 Å². The normalized spacial score (nSPS) is 12.2. The zero-order valence-electron chi connectivity index (χ0n) is 11.8. The lowest BCUT2D eigenvalue weighted by molar-refractivity contribution is 0.0924. The van der Waals surface area contributed by atoms with Crippen molar-refractivity contribution in [2.75, 3.05) is 6.54 Å². The maximum atomic E-state index is 11.8. The van der Waals surface area contributed by atoms with Crippen LogP contribution in [-0.2, 0) is 0 Å². The first-order chi connectivity index (χ1) is 9.47. The van der Waals surface area contributed by atoms with Crippen LogP contribution in [0, 0.1) is 13.8 Å². The van der Waals surface area contributed by atoms with Crippen LogP contribution in [0.15, 0.2) is 24.3 Å². The number of aromatic nitrogens is 3. The van der Waals surface area contributed by atoms with Gasteiger partial charge in [0.1, 0.15) is 11.6 Å². The van der Waals surface area contributed by atoms with Crippen molar-refractivity contribution < 1.29 is 9.90 Å². The Bertz CT molecular complexity index is 602. The quantitative estimate of drug-likeness (QED) is 0.871. The molecule has 2 aromatic rings. The van der Waals surface area contributed by atoms with Gasteiger partial charge in [-0.25, -0.2) is 9.67 Å². The first kappa shape index (κ1) is 14.2. The second-order valence-corrected chi connectivity index (χ2v) is 4.72. The van der Waals surface area contributed by atoms with Gasteiger partial charge in [0.2, 0.25) is 0 Å². The molecule has 6 nitrogen and oxygen atoms in total. The molecule has 0 saturated carbocycles. The van der Waals surface area contributed by atoms with E-state index in [9.17, 15) is 4.79 Å². The third-order valence-electron chi connectivity index (χ3n) is 2.81. The lowest BCUT2D eigenvalue weighted by Gasteiger charge is -2.08. The third-order valence-corrected chi connectivity index (χ3v) is 2.81. The van der Waals surface area contributed by atoms with Crippen molar-refractivity contribution in [1.29, 1.82) is 0 Å². The first-order valence-electron chi connectivity index (χ1n) is 6.44. The molecule has 0 fully saturated rings. The van der Waals surface area contributed by atoms with Gasteiger partial charge in [0.25, 0.3) is 5.91 Å². The van der Waals surface area contributed by atoms with E-state index in [1.165, 1.54) is 0 Å². The summed E-state index contributed by atoms with van der Waals surface area (Å²) in [6.07, 6.45) is -0.556. The van der Waals surface area contributed by atoms with Crippen LogP contribution >= 0.6 is 0 Å². The fourth-order valence-corrected chi connectivity index (χ4v) is 1.86. The summed E-state index contributed by atoms with van der Waals surface area (Å²) in [7, 11) is 0. The molecule has 106 valence electrons. The second-order valence-electron chi connectivity index (χ2n) is 4.72. The number of aliphatic hydroxyl groups excluding tert-OH is 1. The zero-order chi connectivity index (χ0) is 14.7. The maximum absolute atomic E-state index is 11.8. The minimum atomic E-state index is -0.556. The molecule has 6 heteroatoms. The highest BCUT2D eigenvalue weighted by atomic mass is 16.3. The van der Waals surface area contributed by atoms with Crippen LogP contribution in [0.25, 0.3) is 5.69 Å². The van der Waals surface area contributed by atoms with Crippen LogP contribution in [0.2, 0.25) is 0 Å². The molecule has 0 aliphatic carbocycles. The van der Waals surface area contributed by atoms with Gasteiger partial charge < -0.3 is 10.4 Å². The van der Waals surface area contributed by atoms with Gasteiger partial charge in [-0.3, -0.25) is 4.79 Å². The molecule has 20 heavy (non-hydrogen) atoms. The van der Waals surface area contributed by atoms with Crippen molar-refractivity contribution >= 4 is 5.91 Å². The molecular formula is C14H18N4O2. The molecule has 0 saturated heterocycles. The van der Waals surface area contributed by atoms with E-state index in [0.29, 0.717) is 11.4 Å². The third kappa shape index (κ3) is 3.21. The molecule has 2 rings (SSSR count). The van der Waals surface area contributed by atoms with E-state index < -0.39 is 6.10 Å². The molecule has 1 amide bonds. The Morgan fingerprint density at radius 1 is 1.35 bits per heavy atom. The highest BCUT2D eigenvalue weighted by Crippen LogP contribution is 2.11. The van der Waals surface area contributed by atoms with Crippen molar-refractivity contribution in [3.8, 4) is 5.69 Å². The largest absolute Gasteiger partial charge is 0.392 e. The molecule has 1 unspecified atom stereocenters. The number of hydrogen-bond donors (Lipinski definition) is 2. The van der Waals surface area contributed by atoms with Gasteiger partial charge in [-0.05, 0) is 45.0 Å². The first-order valence-corrected chi connectivity index (χ1v) is 6.44. The number of rotatable bonds is 4. The Kier molecular flexibility index (Phi) is 4.14. The number of benzene rings is 1. The Morgan fingerprint density at radius 2 is 2.00 bits per heavy atom. The smallest absolute Gasteiger partial charge is 0.251 e. The Balaban J connectivity index is 2.14. The molecular weight excluding hydrogens is 256 g/mol. The number of aliphatic hydroxyl groups is 1. The van der Waals surface area contributed by atoms with Crippen molar-refractivity contribution in [2.45, 2.75) is 26.9 Å². The van der Waals surface area contributed by atoms with Crippen molar-refractivity contribution in [3.63, 3.8) is 0 Å². The van der Waals surface area contributed by atoms with E-state index in [-0.39, 0.29) is 12.5 Å². The SMILES string of the molecule is Cc1nc(C)n(-c2ccc(C(=O)NCC(C)O)cc2)n1. The fraction of sp³-hybridized carbons (Fsp3) is 0.357. The average Bonchev–Trinajstić information content (AvgIpc) is 2.75. The van der Waals surface area contributed by atoms with Crippen LogP contribution in [0.1, 0.15) is 28.9 Å². The Labute approximate surface area is 117 Å². The van der Waals surface area contributed by atoms with Crippen LogP contribution in [-0.4, -0.2) is 38.4 Å². The number of hydrogen-bond acceptors (Lipinski definition) is 4. The van der Waals surface area contributed by atoms with Gasteiger partial charge in [0.05, 0.1) is 11.8 Å². The summed E-state index contributed by atoms with van der Waals surface area (Å²) >= 11 is 0. The number of aryl methyl sites for hydroxylation is 2. The summed E-state index contributed by atoms with van der Waals surface area (Å²) in [6.45, 7) is 5.58. The highest BCUT2D eigenvalue weighted by molar-refractivity contribution is 5.94. The molecule has 0 spiro atoms. The summed E-state index contributed by atoms with van der Waals surface area (Å²) in [4.78, 5) is 16.0. The van der Waals surface area contributed by atoms with E-state index >= 15 is 0 Å². The van der Waals surface area contributed by atoms with E-state index in [0.717, 1.165) is 11.5 Å². The molecule has 0 aliphatic rings. The molecule has 0 aliphatic heterocycles. The van der Waals surface area contributed by atoms with E-state index in [4.69, 9.17) is 5.11 Å². The lowest BCUT2D eigenvalue weighted by atomic mass is 10.2. The molecule has 1 atom stereocenters. The van der Waals surface area contributed by atoms with E-state index in [2.05, 4.69) is 15.4 Å². The zero-order valence-corrected chi connectivity index (χ0v) is 11.8. The van der Waals surface area contributed by atoms with E-state index in [1.54, 1.807) is 23.7 Å². The van der Waals surface area contributed by atoms with Crippen LogP contribution in [0.4, 0.5) is 0 Å². The van der Waals surface area contributed by atoms with Gasteiger partial charge in [-0.1, -0.05) is 0 Å². The summed E-state index contributed by atoms with van der Waals surface area (Å²) in [6, 6.07) is 7.09. The molecule has 1 aromatic heterocycles. The summed E-state index contributed by atoms with van der Waals surface area (Å²) in [5.74, 6) is 1.30. The Morgan fingerprint density at radius 3 is 2.50 bits per heavy atom. The van der Waals surface area contributed by atoms with Crippen LogP contribution in [0.5, 0.6) is 0 Å². The van der Waals surface area contributed by atoms with Crippen molar-refractivity contribution in [3.05, 3.63) is 41.5 Å². The maximum Gasteiger partial charge on any atom is 0.251 e. The number of amides is 1. The standard InChI is InChI=1S/C14H18N4O2/c1-9(19)8-15-14(20)12-4-6-13(7-5-12)18-11(3)16-10(2)17-18/h4-7,9,19H,8H2,1-3H3,(H,15,20). The van der Waals surface area contributed by atoms with Crippen molar-refractivity contribution in [2.24, 2.45) is 0 Å². The Hall–Kier alpha value is -2.21. The van der Waals surface area contributed by atoms with Gasteiger partial charge in [-0.2, -0.15) is 5.10 Å². The fourth-order valence-electron chi connectivity index (χ4n) is 1.86. The monoisotopic (exact) mass is 274 g/mol. The topological polar surface area (TPSA) is 80.0 Å². The highest BCUT2D eigenvalue weighted by Gasteiger charge is 2.08. The summed E-state index contributed by atoms with van der Waals surface area (Å²) in [5.41, 5.74) is 1.40. The van der Waals surface area contributed by atoms with Gasteiger partial charge in [-0.15, -0.1) is 0 Å². The second kappa shape index (κ2) is 5.83. The van der Waals surface area contributed by atoms with Gasteiger partial charge in [0.15, 0.2) is 0 Å². The molecule has 1 heterocycles. The van der Waals surface area contributed by atoms with Gasteiger partial charge in [0, 0.05) is 12.1 Å². The number of nitrogens with zero attached hydrogens (tertiary/aromatic N) is 3. The number of carbonyl (C=O) groups excluding carboxylic acids is 1. The average molecular weight is 274 g/mol. The molecule has 2 N–H and O–H groups in total. The number of nitrogens with one attached hydrogen (secondary N) is 1. The van der Waals surface area contributed by atoms with Crippen LogP contribution in [0.3, 0.4) is 0 Å². The summed E-state index contributed by atoms with van der Waals surface area (Å²) in [5, 5.41) is 16.1. The minimum Gasteiger partial charge on any atom is -0.392 e. The number of carbonyl (C=O) groups is 1. The lowest BCUT2D eigenvalue weighted by Crippen LogP contribution is -2.30. The van der Waals surface area contributed by atoms with Crippen LogP contribution < -0.4 is 5.32 Å². The molecule has 0 radical (unpaired) electrons. The minimum absolute atomic E-state index is 0.205. The van der Waals surface area contributed by atoms with Crippen molar-refractivity contribution in [1.82, 2.24) is 20.1 Å². The predicted octanol–water partition coefficient (Wildman–Crippen LogP) is 0.995. The van der Waals surface area contributed by atoms with Gasteiger partial charge >= 0.3 is 0 Å². The predicted molar refractivity (Wildman–Crippen MR) is 74.8 cm³/mol. The molecule has 0 bridgehead atoms. The summed E-state index contributed by atoms with van der Waals surface area (Å²) < 4.78 is 1.73.